The van der Waals surface area contributed by atoms with E-state index in [2.05, 4.69) is 28.8 Å². The summed E-state index contributed by atoms with van der Waals surface area (Å²) >= 11 is 0. The molecule has 2 aromatic rings. The fourth-order valence-electron chi connectivity index (χ4n) is 3.76. The van der Waals surface area contributed by atoms with Gasteiger partial charge in [-0.15, -0.1) is 10.2 Å². The molecule has 1 atom stereocenters. The van der Waals surface area contributed by atoms with E-state index in [1.165, 1.54) is 16.7 Å². The number of hydrogen-bond acceptors (Lipinski definition) is 8. The third-order valence-corrected chi connectivity index (χ3v) is 7.63. The minimum atomic E-state index is -3.92. The monoisotopic (exact) mass is 522 g/mol. The molecule has 0 spiro atoms. The molecule has 200 valence electrons. The van der Waals surface area contributed by atoms with E-state index in [9.17, 15) is 18.3 Å². The highest BCUT2D eigenvalue weighted by atomic mass is 32.2. The topological polar surface area (TPSA) is 143 Å². The molecule has 0 amide bonds. The van der Waals surface area contributed by atoms with Gasteiger partial charge in [0.1, 0.15) is 16.3 Å². The third-order valence-electron chi connectivity index (χ3n) is 6.12. The summed E-state index contributed by atoms with van der Waals surface area (Å²) in [6.45, 7) is 8.01. The van der Waals surface area contributed by atoms with E-state index >= 15 is 0 Å². The SMILES string of the molecule is CCCCC(CC)Cn1c(O)c(/N=N/c2ccccc2S(=O)(=O)NCCOCCO)c(C)c(C)c1=O. The van der Waals surface area contributed by atoms with E-state index in [-0.39, 0.29) is 60.0 Å². The Morgan fingerprint density at radius 1 is 1.11 bits per heavy atom. The molecule has 0 radical (unpaired) electrons. The summed E-state index contributed by atoms with van der Waals surface area (Å²) in [4.78, 5) is 12.9. The molecule has 3 N–H and O–H groups in total. The molecular weight excluding hydrogens is 484 g/mol. The van der Waals surface area contributed by atoms with E-state index in [4.69, 9.17) is 9.84 Å². The number of ether oxygens (including phenoxy) is 1. The zero-order valence-electron chi connectivity index (χ0n) is 21.5. The van der Waals surface area contributed by atoms with Crippen molar-refractivity contribution in [3.05, 3.63) is 45.7 Å². The highest BCUT2D eigenvalue weighted by Crippen LogP contribution is 2.34. The second-order valence-electron chi connectivity index (χ2n) is 8.66. The standard InChI is InChI=1S/C25H38N4O6S/c1-5-7-10-20(6-2)17-29-24(31)19(4)18(3)23(25(29)32)28-27-21-11-8-9-12-22(21)36(33,34)26-13-15-35-16-14-30/h8-9,11-12,20,26,30,32H,5-7,10,13-17H2,1-4H3/b28-27+. The largest absolute Gasteiger partial charge is 0.493 e. The maximum atomic E-state index is 12.9. The molecule has 1 aromatic heterocycles. The van der Waals surface area contributed by atoms with E-state index in [0.717, 1.165) is 25.7 Å². The first kappa shape index (κ1) is 29.6. The molecule has 2 rings (SSSR count). The first-order valence-electron chi connectivity index (χ1n) is 12.3. The summed E-state index contributed by atoms with van der Waals surface area (Å²) in [5, 5.41) is 28.1. The number of nitrogens with zero attached hydrogens (tertiary/aromatic N) is 3. The number of azo groups is 1. The first-order valence-corrected chi connectivity index (χ1v) is 13.8. The minimum Gasteiger partial charge on any atom is -0.493 e. The molecule has 0 saturated carbocycles. The van der Waals surface area contributed by atoms with Crippen molar-refractivity contribution in [3.8, 4) is 5.88 Å². The summed E-state index contributed by atoms with van der Waals surface area (Å²) < 4.78 is 34.5. The van der Waals surface area contributed by atoms with Crippen LogP contribution in [0.1, 0.15) is 50.7 Å². The lowest BCUT2D eigenvalue weighted by atomic mass is 9.99. The summed E-state index contributed by atoms with van der Waals surface area (Å²) in [7, 11) is -3.92. The van der Waals surface area contributed by atoms with Crippen molar-refractivity contribution in [1.82, 2.24) is 9.29 Å². The maximum absolute atomic E-state index is 12.9. The van der Waals surface area contributed by atoms with Crippen molar-refractivity contribution in [3.63, 3.8) is 0 Å². The number of benzene rings is 1. The Balaban J connectivity index is 2.39. The lowest BCUT2D eigenvalue weighted by Crippen LogP contribution is -2.27. The van der Waals surface area contributed by atoms with E-state index in [0.29, 0.717) is 17.7 Å². The van der Waals surface area contributed by atoms with Gasteiger partial charge in [0.25, 0.3) is 5.56 Å². The van der Waals surface area contributed by atoms with Crippen molar-refractivity contribution >= 4 is 21.4 Å². The predicted octanol–water partition coefficient (Wildman–Crippen LogP) is 4.09. The maximum Gasteiger partial charge on any atom is 0.256 e. The van der Waals surface area contributed by atoms with Gasteiger partial charge in [-0.3, -0.25) is 9.36 Å². The summed E-state index contributed by atoms with van der Waals surface area (Å²) in [6, 6.07) is 6.12. The number of aliphatic hydroxyl groups excluding tert-OH is 1. The molecule has 1 aromatic carbocycles. The van der Waals surface area contributed by atoms with Gasteiger partial charge in [-0.1, -0.05) is 45.2 Å². The van der Waals surface area contributed by atoms with Crippen LogP contribution in [0.2, 0.25) is 0 Å². The zero-order valence-corrected chi connectivity index (χ0v) is 22.3. The van der Waals surface area contributed by atoms with Crippen LogP contribution in [0, 0.1) is 19.8 Å². The average Bonchev–Trinajstić information content (AvgIpc) is 2.87. The number of aromatic nitrogens is 1. The Kier molecular flexibility index (Phi) is 11.7. The van der Waals surface area contributed by atoms with Crippen molar-refractivity contribution in [1.29, 1.82) is 0 Å². The lowest BCUT2D eigenvalue weighted by Gasteiger charge is -2.19. The number of hydrogen-bond donors (Lipinski definition) is 3. The molecule has 1 heterocycles. The van der Waals surface area contributed by atoms with Crippen molar-refractivity contribution in [2.75, 3.05) is 26.4 Å². The molecule has 0 aliphatic heterocycles. The van der Waals surface area contributed by atoms with Gasteiger partial charge in [-0.25, -0.2) is 13.1 Å². The van der Waals surface area contributed by atoms with Gasteiger partial charge in [-0.2, -0.15) is 0 Å². The Labute approximate surface area is 213 Å². The minimum absolute atomic E-state index is 0.0223. The molecule has 36 heavy (non-hydrogen) atoms. The Morgan fingerprint density at radius 2 is 1.83 bits per heavy atom. The van der Waals surface area contributed by atoms with Crippen LogP contribution in [0.5, 0.6) is 5.88 Å². The van der Waals surface area contributed by atoms with Crippen molar-refractivity contribution in [2.45, 2.75) is 64.8 Å². The second-order valence-corrected chi connectivity index (χ2v) is 10.4. The predicted molar refractivity (Wildman–Crippen MR) is 139 cm³/mol. The lowest BCUT2D eigenvalue weighted by molar-refractivity contribution is 0.0961. The Morgan fingerprint density at radius 3 is 2.50 bits per heavy atom. The van der Waals surface area contributed by atoms with Crippen LogP contribution < -0.4 is 10.3 Å². The van der Waals surface area contributed by atoms with Crippen LogP contribution >= 0.6 is 0 Å². The number of pyridine rings is 1. The number of aromatic hydroxyl groups is 1. The number of sulfonamides is 1. The third kappa shape index (κ3) is 7.70. The molecule has 0 aliphatic rings. The van der Waals surface area contributed by atoms with Crippen molar-refractivity contribution < 1.29 is 23.4 Å². The van der Waals surface area contributed by atoms with E-state index < -0.39 is 10.0 Å². The number of nitrogens with one attached hydrogen (secondary N) is 1. The number of unbranched alkanes of at least 4 members (excludes halogenated alkanes) is 1. The smallest absolute Gasteiger partial charge is 0.256 e. The Hall–Kier alpha value is -2.60. The van der Waals surface area contributed by atoms with Gasteiger partial charge in [0.2, 0.25) is 15.9 Å². The Bertz CT molecular complexity index is 1190. The first-order chi connectivity index (χ1) is 17.2. The van der Waals surface area contributed by atoms with Crippen LogP contribution in [0.25, 0.3) is 0 Å². The van der Waals surface area contributed by atoms with Crippen molar-refractivity contribution in [2.24, 2.45) is 16.1 Å². The molecule has 10 nitrogen and oxygen atoms in total. The van der Waals surface area contributed by atoms with Crippen LogP contribution in [-0.4, -0.2) is 49.6 Å². The highest BCUT2D eigenvalue weighted by molar-refractivity contribution is 7.89. The van der Waals surface area contributed by atoms with Crippen LogP contribution in [0.3, 0.4) is 0 Å². The van der Waals surface area contributed by atoms with E-state index in [1.54, 1.807) is 26.0 Å². The molecule has 0 bridgehead atoms. The molecular formula is C25H38N4O6S. The molecule has 0 saturated heterocycles. The molecule has 0 aliphatic carbocycles. The highest BCUT2D eigenvalue weighted by Gasteiger charge is 2.21. The van der Waals surface area contributed by atoms with Gasteiger partial charge < -0.3 is 14.9 Å². The molecule has 1 unspecified atom stereocenters. The van der Waals surface area contributed by atoms with E-state index in [1.807, 2.05) is 0 Å². The van der Waals surface area contributed by atoms with Crippen LogP contribution in [0.15, 0.2) is 44.2 Å². The van der Waals surface area contributed by atoms with Crippen LogP contribution in [0.4, 0.5) is 11.4 Å². The fourth-order valence-corrected chi connectivity index (χ4v) is 4.91. The quantitative estimate of drug-likeness (QED) is 0.237. The molecule has 0 fully saturated rings. The normalized spacial score (nSPS) is 12.9. The average molecular weight is 523 g/mol. The van der Waals surface area contributed by atoms with Crippen LogP contribution in [-0.2, 0) is 21.3 Å². The second kappa shape index (κ2) is 14.2. The zero-order chi connectivity index (χ0) is 26.7. The number of rotatable bonds is 15. The van der Waals surface area contributed by atoms with Gasteiger partial charge in [0, 0.05) is 18.7 Å². The van der Waals surface area contributed by atoms with Gasteiger partial charge >= 0.3 is 0 Å². The fraction of sp³-hybridized carbons (Fsp3) is 0.560. The van der Waals surface area contributed by atoms with Gasteiger partial charge in [0.15, 0.2) is 0 Å². The summed E-state index contributed by atoms with van der Waals surface area (Å²) in [5.41, 5.74) is 0.894. The van der Waals surface area contributed by atoms with Gasteiger partial charge in [-0.05, 0) is 43.9 Å². The summed E-state index contributed by atoms with van der Waals surface area (Å²) in [6.07, 6.45) is 3.92. The summed E-state index contributed by atoms with van der Waals surface area (Å²) in [5.74, 6) is -0.0416. The van der Waals surface area contributed by atoms with Gasteiger partial charge in [0.05, 0.1) is 19.8 Å². The molecule has 11 heteroatoms. The number of aliphatic hydroxyl groups is 1.